The highest BCUT2D eigenvalue weighted by atomic mass is 19.3. The Hall–Kier alpha value is -2.64. The summed E-state index contributed by atoms with van der Waals surface area (Å²) in [6.07, 6.45) is 2.30. The fraction of sp³-hybridized carbons (Fsp3) is 0.154. The van der Waals surface area contributed by atoms with Crippen LogP contribution in [0.2, 0.25) is 0 Å². The number of hydrogen-bond donors (Lipinski definition) is 1. The van der Waals surface area contributed by atoms with Crippen molar-refractivity contribution in [3.05, 3.63) is 35.9 Å². The van der Waals surface area contributed by atoms with E-state index in [0.717, 1.165) is 6.20 Å². The van der Waals surface area contributed by atoms with Crippen molar-refractivity contribution in [2.24, 2.45) is 0 Å². The molecule has 3 rings (SSSR count). The van der Waals surface area contributed by atoms with E-state index in [0.29, 0.717) is 16.8 Å². The Morgan fingerprint density at radius 2 is 2.05 bits per heavy atom. The number of hydrogen-bond acceptors (Lipinski definition) is 4. The van der Waals surface area contributed by atoms with Gasteiger partial charge in [-0.1, -0.05) is 0 Å². The number of nitrogens with zero attached hydrogens (tertiary/aromatic N) is 2. The fourth-order valence-corrected chi connectivity index (χ4v) is 2.13. The molecule has 0 saturated carbocycles. The van der Waals surface area contributed by atoms with Crippen molar-refractivity contribution in [1.29, 1.82) is 0 Å². The van der Waals surface area contributed by atoms with Crippen LogP contribution in [0.25, 0.3) is 11.3 Å². The normalized spacial score (nSPS) is 13.2. The monoisotopic (exact) mass is 295 g/mol. The molecule has 108 valence electrons. The molecule has 8 heteroatoms. The van der Waals surface area contributed by atoms with E-state index in [9.17, 15) is 18.0 Å². The van der Waals surface area contributed by atoms with Crippen LogP contribution in [0.3, 0.4) is 0 Å². The lowest BCUT2D eigenvalue weighted by Gasteiger charge is -2.08. The molecular formula is C13H8F3N3O2. The summed E-state index contributed by atoms with van der Waals surface area (Å²) in [5.74, 6) is -1.17. The van der Waals surface area contributed by atoms with Gasteiger partial charge in [-0.3, -0.25) is 4.79 Å². The van der Waals surface area contributed by atoms with E-state index in [4.69, 9.17) is 0 Å². The summed E-state index contributed by atoms with van der Waals surface area (Å²) < 4.78 is 41.8. The van der Waals surface area contributed by atoms with Crippen molar-refractivity contribution < 1.29 is 22.7 Å². The molecule has 5 nitrogen and oxygen atoms in total. The number of fused-ring (bicyclic) bond motifs is 1. The second-order valence-electron chi connectivity index (χ2n) is 4.29. The number of aromatic nitrogens is 2. The molecule has 1 aromatic heterocycles. The van der Waals surface area contributed by atoms with E-state index >= 15 is 0 Å². The number of rotatable bonds is 3. The lowest BCUT2D eigenvalue weighted by Crippen LogP contribution is -2.04. The van der Waals surface area contributed by atoms with Crippen LogP contribution in [0.5, 0.6) is 5.88 Å². The third-order valence-corrected chi connectivity index (χ3v) is 2.98. The molecule has 1 aliphatic heterocycles. The van der Waals surface area contributed by atoms with Crippen LogP contribution in [-0.4, -0.2) is 22.5 Å². The van der Waals surface area contributed by atoms with E-state index < -0.39 is 12.4 Å². The molecule has 1 N–H and O–H groups in total. The minimum absolute atomic E-state index is 0.0272. The first kappa shape index (κ1) is 13.3. The fourth-order valence-electron chi connectivity index (χ4n) is 2.13. The van der Waals surface area contributed by atoms with Gasteiger partial charge in [0, 0.05) is 5.56 Å². The zero-order chi connectivity index (χ0) is 15.0. The van der Waals surface area contributed by atoms with Crippen molar-refractivity contribution in [3.8, 4) is 17.1 Å². The van der Waals surface area contributed by atoms with Gasteiger partial charge in [0.05, 0.1) is 30.2 Å². The van der Waals surface area contributed by atoms with E-state index in [-0.39, 0.29) is 23.9 Å². The molecule has 0 unspecified atom stereocenters. The molecule has 21 heavy (non-hydrogen) atoms. The van der Waals surface area contributed by atoms with Crippen LogP contribution < -0.4 is 10.1 Å². The maximum Gasteiger partial charge on any atom is 0.388 e. The highest BCUT2D eigenvalue weighted by molar-refractivity contribution is 6.01. The van der Waals surface area contributed by atoms with Crippen molar-refractivity contribution >= 4 is 11.6 Å². The van der Waals surface area contributed by atoms with Gasteiger partial charge in [0.15, 0.2) is 0 Å². The average Bonchev–Trinajstić information content (AvgIpc) is 2.82. The van der Waals surface area contributed by atoms with Crippen molar-refractivity contribution in [1.82, 2.24) is 9.97 Å². The summed E-state index contributed by atoms with van der Waals surface area (Å²) >= 11 is 0. The summed E-state index contributed by atoms with van der Waals surface area (Å²) in [5, 5.41) is 2.43. The molecule has 0 bridgehead atoms. The van der Waals surface area contributed by atoms with E-state index in [1.54, 1.807) is 0 Å². The Labute approximate surface area is 116 Å². The van der Waals surface area contributed by atoms with Gasteiger partial charge >= 0.3 is 6.61 Å². The number of amides is 1. The largest absolute Gasteiger partial charge is 0.415 e. The number of benzene rings is 1. The van der Waals surface area contributed by atoms with Crippen molar-refractivity contribution in [3.63, 3.8) is 0 Å². The molecular weight excluding hydrogens is 287 g/mol. The number of ether oxygens (including phenoxy) is 1. The smallest absolute Gasteiger partial charge is 0.388 e. The maximum absolute atomic E-state index is 13.6. The summed E-state index contributed by atoms with van der Waals surface area (Å²) in [5.41, 5.74) is 1.44. The zero-order valence-electron chi connectivity index (χ0n) is 10.4. The van der Waals surface area contributed by atoms with Gasteiger partial charge in [0.2, 0.25) is 11.8 Å². The van der Waals surface area contributed by atoms with Gasteiger partial charge in [-0.15, -0.1) is 0 Å². The summed E-state index contributed by atoms with van der Waals surface area (Å²) in [6, 6.07) is 2.66. The van der Waals surface area contributed by atoms with Crippen LogP contribution in [0.4, 0.5) is 18.9 Å². The van der Waals surface area contributed by atoms with E-state index in [1.165, 1.54) is 18.3 Å². The van der Waals surface area contributed by atoms with Gasteiger partial charge in [0.1, 0.15) is 5.82 Å². The molecule has 2 aromatic rings. The van der Waals surface area contributed by atoms with Crippen LogP contribution in [0, 0.1) is 5.82 Å². The number of alkyl halides is 2. The highest BCUT2D eigenvalue weighted by Gasteiger charge is 2.25. The van der Waals surface area contributed by atoms with Crippen LogP contribution in [0.1, 0.15) is 5.56 Å². The molecule has 0 radical (unpaired) electrons. The molecule has 0 atom stereocenters. The first-order valence-corrected chi connectivity index (χ1v) is 5.93. The predicted octanol–water partition coefficient (Wildman–Crippen LogP) is 2.38. The van der Waals surface area contributed by atoms with Crippen LogP contribution in [0.15, 0.2) is 24.5 Å². The highest BCUT2D eigenvalue weighted by Crippen LogP contribution is 2.34. The maximum atomic E-state index is 13.6. The number of carbonyl (C=O) groups excluding carboxylic acids is 1. The standard InChI is InChI=1S/C13H8F3N3O2/c14-8-2-1-6(7-3-10(20)19-12(7)8)9-4-18-11(5-17-9)21-13(15)16/h1-2,4-5,13H,3H2,(H,19,20). The molecule has 2 heterocycles. The Morgan fingerprint density at radius 1 is 1.24 bits per heavy atom. The lowest BCUT2D eigenvalue weighted by molar-refractivity contribution is -0.115. The topological polar surface area (TPSA) is 64.1 Å². The molecule has 0 fully saturated rings. The predicted molar refractivity (Wildman–Crippen MR) is 66.4 cm³/mol. The first-order chi connectivity index (χ1) is 10.0. The molecule has 0 saturated heterocycles. The van der Waals surface area contributed by atoms with Crippen LogP contribution >= 0.6 is 0 Å². The second kappa shape index (κ2) is 5.04. The zero-order valence-corrected chi connectivity index (χ0v) is 10.4. The van der Waals surface area contributed by atoms with Gasteiger partial charge in [-0.2, -0.15) is 8.78 Å². The molecule has 0 aliphatic carbocycles. The number of nitrogens with one attached hydrogen (secondary N) is 1. The minimum atomic E-state index is -2.98. The number of halogens is 3. The Balaban J connectivity index is 1.98. The first-order valence-electron chi connectivity index (χ1n) is 5.93. The van der Waals surface area contributed by atoms with E-state index in [1.807, 2.05) is 0 Å². The van der Waals surface area contributed by atoms with Crippen molar-refractivity contribution in [2.45, 2.75) is 13.0 Å². The van der Waals surface area contributed by atoms with Gasteiger partial charge < -0.3 is 10.1 Å². The Bertz CT molecular complexity index is 705. The van der Waals surface area contributed by atoms with Gasteiger partial charge in [-0.25, -0.2) is 14.4 Å². The summed E-state index contributed by atoms with van der Waals surface area (Å²) in [6.45, 7) is -2.98. The van der Waals surface area contributed by atoms with Gasteiger partial charge in [0.25, 0.3) is 0 Å². The Morgan fingerprint density at radius 3 is 2.71 bits per heavy atom. The number of anilines is 1. The quantitative estimate of drug-likeness (QED) is 0.944. The Kier molecular flexibility index (Phi) is 3.20. The van der Waals surface area contributed by atoms with E-state index in [2.05, 4.69) is 20.0 Å². The lowest BCUT2D eigenvalue weighted by atomic mass is 10.0. The van der Waals surface area contributed by atoms with Crippen LogP contribution in [-0.2, 0) is 11.2 Å². The summed E-state index contributed by atoms with van der Waals surface area (Å²) in [4.78, 5) is 19.0. The SMILES string of the molecule is O=C1Cc2c(-c3cnc(OC(F)F)cn3)ccc(F)c2N1. The minimum Gasteiger partial charge on any atom is -0.415 e. The molecule has 0 spiro atoms. The molecule has 1 amide bonds. The average molecular weight is 295 g/mol. The third kappa shape index (κ3) is 2.51. The molecule has 1 aromatic carbocycles. The second-order valence-corrected chi connectivity index (χ2v) is 4.29. The number of carbonyl (C=O) groups is 1. The van der Waals surface area contributed by atoms with Gasteiger partial charge in [-0.05, 0) is 17.7 Å². The molecule has 1 aliphatic rings. The third-order valence-electron chi connectivity index (χ3n) is 2.98. The summed E-state index contributed by atoms with van der Waals surface area (Å²) in [7, 11) is 0. The van der Waals surface area contributed by atoms with Crippen molar-refractivity contribution in [2.75, 3.05) is 5.32 Å².